The molecule has 4 nitrogen and oxygen atoms in total. The molecule has 1 fully saturated rings. The SMILES string of the molecule is Cc1ccc(C(F)(F)F)cc1NC(=O)C(N)C1CCOCC1. The van der Waals surface area contributed by atoms with E-state index in [4.69, 9.17) is 10.5 Å². The van der Waals surface area contributed by atoms with E-state index in [1.807, 2.05) is 0 Å². The van der Waals surface area contributed by atoms with E-state index in [0.29, 0.717) is 31.6 Å². The van der Waals surface area contributed by atoms with Gasteiger partial charge in [-0.3, -0.25) is 4.79 Å². The topological polar surface area (TPSA) is 64.4 Å². The first-order valence-corrected chi connectivity index (χ1v) is 7.11. The van der Waals surface area contributed by atoms with Gasteiger partial charge in [0.05, 0.1) is 11.6 Å². The van der Waals surface area contributed by atoms with Crippen LogP contribution in [0.5, 0.6) is 0 Å². The van der Waals surface area contributed by atoms with Gasteiger partial charge in [0.25, 0.3) is 0 Å². The second kappa shape index (κ2) is 6.66. The minimum Gasteiger partial charge on any atom is -0.381 e. The van der Waals surface area contributed by atoms with Crippen molar-refractivity contribution in [1.29, 1.82) is 0 Å². The molecule has 0 bridgehead atoms. The zero-order valence-corrected chi connectivity index (χ0v) is 12.2. The summed E-state index contributed by atoms with van der Waals surface area (Å²) in [6, 6.07) is 2.50. The van der Waals surface area contributed by atoms with Crippen LogP contribution in [0.3, 0.4) is 0 Å². The summed E-state index contributed by atoms with van der Waals surface area (Å²) >= 11 is 0. The highest BCUT2D eigenvalue weighted by Gasteiger charge is 2.31. The maximum absolute atomic E-state index is 12.7. The highest BCUT2D eigenvalue weighted by Crippen LogP contribution is 2.32. The van der Waals surface area contributed by atoms with Gasteiger partial charge in [0.2, 0.25) is 5.91 Å². The molecule has 1 atom stereocenters. The fraction of sp³-hybridized carbons (Fsp3) is 0.533. The number of rotatable bonds is 3. The predicted octanol–water partition coefficient (Wildman–Crippen LogP) is 2.71. The number of carbonyl (C=O) groups excluding carboxylic acids is 1. The minimum atomic E-state index is -4.45. The summed E-state index contributed by atoms with van der Waals surface area (Å²) in [6.07, 6.45) is -3.09. The van der Waals surface area contributed by atoms with E-state index < -0.39 is 23.7 Å². The molecule has 1 aliphatic rings. The number of alkyl halides is 3. The lowest BCUT2D eigenvalue weighted by Crippen LogP contribution is -2.44. The molecular weight excluding hydrogens is 297 g/mol. The number of halogens is 3. The van der Waals surface area contributed by atoms with Crippen molar-refractivity contribution in [3.63, 3.8) is 0 Å². The molecule has 1 aromatic rings. The van der Waals surface area contributed by atoms with Crippen molar-refractivity contribution in [2.75, 3.05) is 18.5 Å². The molecule has 0 spiro atoms. The molecule has 0 saturated carbocycles. The van der Waals surface area contributed by atoms with Crippen LogP contribution < -0.4 is 11.1 Å². The molecular formula is C15H19F3N2O2. The van der Waals surface area contributed by atoms with Crippen LogP contribution >= 0.6 is 0 Å². The Morgan fingerprint density at radius 2 is 2.00 bits per heavy atom. The molecule has 22 heavy (non-hydrogen) atoms. The van der Waals surface area contributed by atoms with Gasteiger partial charge in [-0.1, -0.05) is 6.07 Å². The van der Waals surface area contributed by atoms with Gasteiger partial charge in [-0.25, -0.2) is 0 Å². The van der Waals surface area contributed by atoms with E-state index in [1.165, 1.54) is 6.07 Å². The molecule has 1 heterocycles. The lowest BCUT2D eigenvalue weighted by atomic mass is 9.91. The fourth-order valence-corrected chi connectivity index (χ4v) is 2.44. The Morgan fingerprint density at radius 3 is 2.59 bits per heavy atom. The highest BCUT2D eigenvalue weighted by molar-refractivity contribution is 5.95. The van der Waals surface area contributed by atoms with Gasteiger partial charge in [0.15, 0.2) is 0 Å². The number of carbonyl (C=O) groups is 1. The number of nitrogens with two attached hydrogens (primary N) is 1. The summed E-state index contributed by atoms with van der Waals surface area (Å²) in [6.45, 7) is 2.73. The quantitative estimate of drug-likeness (QED) is 0.901. The maximum Gasteiger partial charge on any atom is 0.416 e. The van der Waals surface area contributed by atoms with Gasteiger partial charge < -0.3 is 15.8 Å². The second-order valence-corrected chi connectivity index (χ2v) is 5.49. The average molecular weight is 316 g/mol. The molecule has 1 amide bonds. The smallest absolute Gasteiger partial charge is 0.381 e. The lowest BCUT2D eigenvalue weighted by molar-refractivity contribution is -0.137. The molecule has 0 radical (unpaired) electrons. The van der Waals surface area contributed by atoms with E-state index >= 15 is 0 Å². The summed E-state index contributed by atoms with van der Waals surface area (Å²) in [5, 5.41) is 2.52. The molecule has 3 N–H and O–H groups in total. The van der Waals surface area contributed by atoms with E-state index in [-0.39, 0.29) is 11.6 Å². The number of nitrogens with one attached hydrogen (secondary N) is 1. The van der Waals surface area contributed by atoms with Crippen molar-refractivity contribution >= 4 is 11.6 Å². The van der Waals surface area contributed by atoms with Crippen molar-refractivity contribution < 1.29 is 22.7 Å². The number of amides is 1. The Labute approximate surface area is 126 Å². The van der Waals surface area contributed by atoms with E-state index in [1.54, 1.807) is 6.92 Å². The van der Waals surface area contributed by atoms with E-state index in [0.717, 1.165) is 12.1 Å². The number of anilines is 1. The number of ether oxygens (including phenoxy) is 1. The highest BCUT2D eigenvalue weighted by atomic mass is 19.4. The van der Waals surface area contributed by atoms with E-state index in [2.05, 4.69) is 5.32 Å². The van der Waals surface area contributed by atoms with Crippen molar-refractivity contribution in [2.24, 2.45) is 11.7 Å². The third-order valence-electron chi connectivity index (χ3n) is 3.90. The first-order chi connectivity index (χ1) is 10.3. The molecule has 2 rings (SSSR count). The van der Waals surface area contributed by atoms with Crippen molar-refractivity contribution in [3.05, 3.63) is 29.3 Å². The molecule has 0 aliphatic carbocycles. The number of benzene rings is 1. The average Bonchev–Trinajstić information content (AvgIpc) is 2.48. The number of hydrogen-bond acceptors (Lipinski definition) is 3. The number of hydrogen-bond donors (Lipinski definition) is 2. The van der Waals surface area contributed by atoms with Crippen LogP contribution in [0.4, 0.5) is 18.9 Å². The number of aryl methyl sites for hydroxylation is 1. The lowest BCUT2D eigenvalue weighted by Gasteiger charge is -2.27. The standard InChI is InChI=1S/C15H19F3N2O2/c1-9-2-3-11(15(16,17)18)8-12(9)20-14(21)13(19)10-4-6-22-7-5-10/h2-3,8,10,13H,4-7,19H2,1H3,(H,20,21). The summed E-state index contributed by atoms with van der Waals surface area (Å²) in [4.78, 5) is 12.2. The molecule has 0 aromatic heterocycles. The zero-order valence-electron chi connectivity index (χ0n) is 12.2. The zero-order chi connectivity index (χ0) is 16.3. The summed E-state index contributed by atoms with van der Waals surface area (Å²) in [7, 11) is 0. The second-order valence-electron chi connectivity index (χ2n) is 5.49. The van der Waals surface area contributed by atoms with Gasteiger partial charge in [-0.05, 0) is 43.4 Å². The van der Waals surface area contributed by atoms with Crippen molar-refractivity contribution in [1.82, 2.24) is 0 Å². The van der Waals surface area contributed by atoms with Crippen LogP contribution in [-0.4, -0.2) is 25.2 Å². The third kappa shape index (κ3) is 3.98. The first kappa shape index (κ1) is 16.8. The monoisotopic (exact) mass is 316 g/mol. The van der Waals surface area contributed by atoms with Crippen LogP contribution in [0, 0.1) is 12.8 Å². The predicted molar refractivity (Wildman–Crippen MR) is 76.3 cm³/mol. The van der Waals surface area contributed by atoms with Gasteiger partial charge >= 0.3 is 6.18 Å². The van der Waals surface area contributed by atoms with Crippen LogP contribution in [0.15, 0.2) is 18.2 Å². The van der Waals surface area contributed by atoms with Crippen LogP contribution in [0.1, 0.15) is 24.0 Å². The Hall–Kier alpha value is -1.60. The van der Waals surface area contributed by atoms with E-state index in [9.17, 15) is 18.0 Å². The van der Waals surface area contributed by atoms with Gasteiger partial charge in [-0.15, -0.1) is 0 Å². The van der Waals surface area contributed by atoms with Crippen LogP contribution in [0.2, 0.25) is 0 Å². The third-order valence-corrected chi connectivity index (χ3v) is 3.90. The molecule has 7 heteroatoms. The molecule has 1 aliphatic heterocycles. The van der Waals surface area contributed by atoms with Crippen LogP contribution in [0.25, 0.3) is 0 Å². The molecule has 1 unspecified atom stereocenters. The maximum atomic E-state index is 12.7. The molecule has 122 valence electrons. The summed E-state index contributed by atoms with van der Waals surface area (Å²) < 4.78 is 43.4. The largest absolute Gasteiger partial charge is 0.416 e. The van der Waals surface area contributed by atoms with Crippen molar-refractivity contribution in [3.8, 4) is 0 Å². The Morgan fingerprint density at radius 1 is 1.36 bits per heavy atom. The molecule has 1 saturated heterocycles. The van der Waals surface area contributed by atoms with Crippen molar-refractivity contribution in [2.45, 2.75) is 32.0 Å². The summed E-state index contributed by atoms with van der Waals surface area (Å²) in [5.74, 6) is -0.478. The van der Waals surface area contributed by atoms with Gasteiger partial charge in [-0.2, -0.15) is 13.2 Å². The molecule has 1 aromatic carbocycles. The van der Waals surface area contributed by atoms with Gasteiger partial charge in [0, 0.05) is 18.9 Å². The fourth-order valence-electron chi connectivity index (χ4n) is 2.44. The summed E-state index contributed by atoms with van der Waals surface area (Å²) in [5.41, 5.74) is 5.82. The van der Waals surface area contributed by atoms with Crippen LogP contribution in [-0.2, 0) is 15.7 Å². The normalized spacial score (nSPS) is 18.0. The Bertz CT molecular complexity index is 540. The Kier molecular flexibility index (Phi) is 5.08. The Balaban J connectivity index is 2.10. The first-order valence-electron chi connectivity index (χ1n) is 7.11. The minimum absolute atomic E-state index is 0.0140. The van der Waals surface area contributed by atoms with Gasteiger partial charge in [0.1, 0.15) is 0 Å².